The first-order chi connectivity index (χ1) is 12.9. The number of aryl methyl sites for hydroxylation is 1. The lowest BCUT2D eigenvalue weighted by molar-refractivity contribution is -0.125. The minimum atomic E-state index is -0.324. The SMILES string of the molecule is CC(CCC(=O)NC=O)n1c(=O)n(C)c2cc(C3CCN(C)CC3)ccc21. The summed E-state index contributed by atoms with van der Waals surface area (Å²) < 4.78 is 3.44. The Morgan fingerprint density at radius 2 is 1.96 bits per heavy atom. The molecular weight excluding hydrogens is 344 g/mol. The quantitative estimate of drug-likeness (QED) is 0.784. The number of amides is 2. The van der Waals surface area contributed by atoms with Crippen molar-refractivity contribution in [2.75, 3.05) is 20.1 Å². The van der Waals surface area contributed by atoms with Crippen molar-refractivity contribution in [3.8, 4) is 0 Å². The molecule has 1 aromatic carbocycles. The first kappa shape index (κ1) is 19.4. The lowest BCUT2D eigenvalue weighted by Gasteiger charge is -2.29. The number of hydrogen-bond acceptors (Lipinski definition) is 4. The van der Waals surface area contributed by atoms with Crippen LogP contribution < -0.4 is 11.0 Å². The summed E-state index contributed by atoms with van der Waals surface area (Å²) in [6.07, 6.45) is 3.37. The topological polar surface area (TPSA) is 76.3 Å². The number of imidazole rings is 1. The number of imide groups is 1. The van der Waals surface area contributed by atoms with E-state index in [0.717, 1.165) is 37.0 Å². The summed E-state index contributed by atoms with van der Waals surface area (Å²) in [5.74, 6) is 0.211. The molecule has 2 aromatic rings. The Morgan fingerprint density at radius 1 is 1.26 bits per heavy atom. The second-order valence-corrected chi connectivity index (χ2v) is 7.61. The Kier molecular flexibility index (Phi) is 5.79. The number of likely N-dealkylation sites (tertiary alicyclic amines) is 1. The van der Waals surface area contributed by atoms with E-state index in [2.05, 4.69) is 29.4 Å². The monoisotopic (exact) mass is 372 g/mol. The Labute approximate surface area is 158 Å². The molecule has 146 valence electrons. The predicted octanol–water partition coefficient (Wildman–Crippen LogP) is 1.76. The number of nitrogens with one attached hydrogen (secondary N) is 1. The standard InChI is InChI=1S/C20H28N4O3/c1-14(4-7-19(26)21-13-25)24-17-6-5-16(12-18(17)23(3)20(24)27)15-8-10-22(2)11-9-15/h5-6,12-15H,4,7-11H2,1-3H3,(H,21,25,26). The molecule has 3 rings (SSSR count). The number of piperidine rings is 1. The smallest absolute Gasteiger partial charge is 0.306 e. The molecule has 1 aliphatic heterocycles. The molecule has 1 N–H and O–H groups in total. The van der Waals surface area contributed by atoms with Gasteiger partial charge in [0.25, 0.3) is 0 Å². The fourth-order valence-corrected chi connectivity index (χ4v) is 4.01. The summed E-state index contributed by atoms with van der Waals surface area (Å²) in [5.41, 5.74) is 3.04. The van der Waals surface area contributed by atoms with Crippen LogP contribution in [0, 0.1) is 0 Å². The van der Waals surface area contributed by atoms with Gasteiger partial charge in [0, 0.05) is 19.5 Å². The van der Waals surface area contributed by atoms with E-state index in [1.165, 1.54) is 5.56 Å². The third-order valence-corrected chi connectivity index (χ3v) is 5.75. The zero-order chi connectivity index (χ0) is 19.6. The van der Waals surface area contributed by atoms with Crippen LogP contribution in [0.1, 0.15) is 50.1 Å². The predicted molar refractivity (Wildman–Crippen MR) is 105 cm³/mol. The number of fused-ring (bicyclic) bond motifs is 1. The molecule has 7 heteroatoms. The molecule has 0 saturated carbocycles. The lowest BCUT2D eigenvalue weighted by atomic mass is 9.89. The number of carbonyl (C=O) groups excluding carboxylic acids is 2. The Hall–Kier alpha value is -2.41. The van der Waals surface area contributed by atoms with Crippen LogP contribution in [0.2, 0.25) is 0 Å². The molecule has 1 aromatic heterocycles. The van der Waals surface area contributed by atoms with Crippen LogP contribution in [-0.4, -0.2) is 46.5 Å². The number of benzene rings is 1. The third kappa shape index (κ3) is 3.98. The van der Waals surface area contributed by atoms with Crippen molar-refractivity contribution in [3.05, 3.63) is 34.2 Å². The Morgan fingerprint density at radius 3 is 2.63 bits per heavy atom. The van der Waals surface area contributed by atoms with Gasteiger partial charge < -0.3 is 4.90 Å². The first-order valence-corrected chi connectivity index (χ1v) is 9.54. The van der Waals surface area contributed by atoms with Gasteiger partial charge in [0.15, 0.2) is 0 Å². The van der Waals surface area contributed by atoms with Crippen molar-refractivity contribution in [1.82, 2.24) is 19.4 Å². The minimum absolute atomic E-state index is 0.0752. The number of hydrogen-bond donors (Lipinski definition) is 1. The molecule has 1 atom stereocenters. The number of nitrogens with zero attached hydrogens (tertiary/aromatic N) is 3. The van der Waals surface area contributed by atoms with Crippen LogP contribution in [0.25, 0.3) is 11.0 Å². The van der Waals surface area contributed by atoms with Crippen LogP contribution in [0.15, 0.2) is 23.0 Å². The van der Waals surface area contributed by atoms with Gasteiger partial charge in [0.05, 0.1) is 11.0 Å². The van der Waals surface area contributed by atoms with Crippen molar-refractivity contribution in [3.63, 3.8) is 0 Å². The molecule has 1 unspecified atom stereocenters. The van der Waals surface area contributed by atoms with Gasteiger partial charge in [-0.15, -0.1) is 0 Å². The molecule has 0 radical (unpaired) electrons. The van der Waals surface area contributed by atoms with Crippen molar-refractivity contribution in [2.24, 2.45) is 7.05 Å². The minimum Gasteiger partial charge on any atom is -0.306 e. The highest BCUT2D eigenvalue weighted by atomic mass is 16.2. The highest BCUT2D eigenvalue weighted by molar-refractivity contribution is 5.85. The molecule has 1 aliphatic rings. The van der Waals surface area contributed by atoms with Gasteiger partial charge in [-0.2, -0.15) is 0 Å². The molecule has 1 fully saturated rings. The van der Waals surface area contributed by atoms with Crippen molar-refractivity contribution < 1.29 is 9.59 Å². The average Bonchev–Trinajstić information content (AvgIpc) is 2.91. The molecule has 0 bridgehead atoms. The Balaban J connectivity index is 1.87. The molecule has 2 heterocycles. The molecule has 0 aliphatic carbocycles. The van der Waals surface area contributed by atoms with E-state index >= 15 is 0 Å². The zero-order valence-corrected chi connectivity index (χ0v) is 16.3. The van der Waals surface area contributed by atoms with E-state index in [0.29, 0.717) is 18.7 Å². The summed E-state index contributed by atoms with van der Waals surface area (Å²) in [7, 11) is 3.95. The second-order valence-electron chi connectivity index (χ2n) is 7.61. The van der Waals surface area contributed by atoms with E-state index in [-0.39, 0.29) is 24.1 Å². The van der Waals surface area contributed by atoms with Gasteiger partial charge in [0.2, 0.25) is 12.3 Å². The van der Waals surface area contributed by atoms with Gasteiger partial charge in [-0.05, 0) is 69.9 Å². The number of aromatic nitrogens is 2. The van der Waals surface area contributed by atoms with E-state index in [1.807, 2.05) is 13.0 Å². The first-order valence-electron chi connectivity index (χ1n) is 9.54. The van der Waals surface area contributed by atoms with E-state index in [4.69, 9.17) is 0 Å². The van der Waals surface area contributed by atoms with Crippen molar-refractivity contribution in [2.45, 2.75) is 44.6 Å². The van der Waals surface area contributed by atoms with Gasteiger partial charge in [0.1, 0.15) is 0 Å². The van der Waals surface area contributed by atoms with Crippen molar-refractivity contribution in [1.29, 1.82) is 0 Å². The van der Waals surface area contributed by atoms with Gasteiger partial charge in [-0.25, -0.2) is 4.79 Å². The van der Waals surface area contributed by atoms with Crippen LogP contribution in [0.5, 0.6) is 0 Å². The van der Waals surface area contributed by atoms with E-state index in [9.17, 15) is 14.4 Å². The van der Waals surface area contributed by atoms with E-state index in [1.54, 1.807) is 16.2 Å². The third-order valence-electron chi connectivity index (χ3n) is 5.75. The van der Waals surface area contributed by atoms with Crippen LogP contribution in [0.3, 0.4) is 0 Å². The fraction of sp³-hybridized carbons (Fsp3) is 0.550. The van der Waals surface area contributed by atoms with Gasteiger partial charge in [-0.3, -0.25) is 24.0 Å². The van der Waals surface area contributed by atoms with Crippen molar-refractivity contribution >= 4 is 23.4 Å². The zero-order valence-electron chi connectivity index (χ0n) is 16.3. The van der Waals surface area contributed by atoms with E-state index < -0.39 is 0 Å². The maximum absolute atomic E-state index is 12.8. The Bertz CT molecular complexity index is 890. The maximum atomic E-state index is 12.8. The fourth-order valence-electron chi connectivity index (χ4n) is 4.01. The molecule has 1 saturated heterocycles. The van der Waals surface area contributed by atoms with Crippen LogP contribution in [0.4, 0.5) is 0 Å². The number of rotatable bonds is 6. The van der Waals surface area contributed by atoms with Gasteiger partial charge in [-0.1, -0.05) is 6.07 Å². The maximum Gasteiger partial charge on any atom is 0.329 e. The molecule has 27 heavy (non-hydrogen) atoms. The normalized spacial score (nSPS) is 17.1. The summed E-state index contributed by atoms with van der Waals surface area (Å²) in [6.45, 7) is 4.13. The lowest BCUT2D eigenvalue weighted by Crippen LogP contribution is -2.29. The summed E-state index contributed by atoms with van der Waals surface area (Å²) in [6, 6.07) is 6.19. The van der Waals surface area contributed by atoms with Crippen LogP contribution >= 0.6 is 0 Å². The summed E-state index contributed by atoms with van der Waals surface area (Å²) >= 11 is 0. The van der Waals surface area contributed by atoms with Crippen LogP contribution in [-0.2, 0) is 16.6 Å². The molecule has 7 nitrogen and oxygen atoms in total. The molecule has 0 spiro atoms. The highest BCUT2D eigenvalue weighted by Gasteiger charge is 2.21. The average molecular weight is 372 g/mol. The number of carbonyl (C=O) groups is 2. The summed E-state index contributed by atoms with van der Waals surface area (Å²) in [5, 5.41) is 2.14. The molecular formula is C20H28N4O3. The van der Waals surface area contributed by atoms with Gasteiger partial charge >= 0.3 is 5.69 Å². The summed E-state index contributed by atoms with van der Waals surface area (Å²) in [4.78, 5) is 37.0. The highest BCUT2D eigenvalue weighted by Crippen LogP contribution is 2.30. The second kappa shape index (κ2) is 8.08. The largest absolute Gasteiger partial charge is 0.329 e. The molecule has 2 amide bonds.